The van der Waals surface area contributed by atoms with Crippen molar-refractivity contribution in [3.63, 3.8) is 0 Å². The SMILES string of the molecule is CCOC(=O)[C@H]1CN(C(=O)c2ccccc2)[C@]2(C)C(=O)N(CC3CC3)c3ccccc3[C@H]12. The molecular weight excluding hydrogens is 404 g/mol. The summed E-state index contributed by atoms with van der Waals surface area (Å²) in [5.74, 6) is -1.25. The predicted molar refractivity (Wildman–Crippen MR) is 120 cm³/mol. The Morgan fingerprint density at radius 3 is 2.44 bits per heavy atom. The van der Waals surface area contributed by atoms with Gasteiger partial charge in [-0.25, -0.2) is 0 Å². The van der Waals surface area contributed by atoms with Crippen molar-refractivity contribution in [3.8, 4) is 0 Å². The van der Waals surface area contributed by atoms with E-state index < -0.39 is 17.4 Å². The first kappa shape index (κ1) is 20.7. The smallest absolute Gasteiger partial charge is 0.311 e. The van der Waals surface area contributed by atoms with Crippen molar-refractivity contribution < 1.29 is 19.1 Å². The van der Waals surface area contributed by atoms with E-state index in [1.165, 1.54) is 0 Å². The molecule has 1 saturated heterocycles. The van der Waals surface area contributed by atoms with Gasteiger partial charge in [-0.3, -0.25) is 14.4 Å². The Morgan fingerprint density at radius 2 is 1.75 bits per heavy atom. The van der Waals surface area contributed by atoms with Crippen LogP contribution in [0.3, 0.4) is 0 Å². The number of carbonyl (C=O) groups excluding carboxylic acids is 3. The molecule has 2 heterocycles. The zero-order valence-corrected chi connectivity index (χ0v) is 18.5. The van der Waals surface area contributed by atoms with Gasteiger partial charge in [0.2, 0.25) is 0 Å². The van der Waals surface area contributed by atoms with E-state index in [1.807, 2.05) is 54.3 Å². The zero-order chi connectivity index (χ0) is 22.5. The van der Waals surface area contributed by atoms with Gasteiger partial charge in [0.05, 0.1) is 12.5 Å². The maximum atomic E-state index is 14.1. The van der Waals surface area contributed by atoms with Crippen LogP contribution in [-0.2, 0) is 14.3 Å². The summed E-state index contributed by atoms with van der Waals surface area (Å²) in [4.78, 5) is 44.3. The quantitative estimate of drug-likeness (QED) is 0.677. The average molecular weight is 433 g/mol. The maximum Gasteiger partial charge on any atom is 0.311 e. The Bertz CT molecular complexity index is 1060. The highest BCUT2D eigenvalue weighted by atomic mass is 16.5. The molecule has 2 aromatic carbocycles. The summed E-state index contributed by atoms with van der Waals surface area (Å²) in [6, 6.07) is 16.8. The number of amides is 2. The van der Waals surface area contributed by atoms with Crippen LogP contribution < -0.4 is 4.90 Å². The molecule has 5 rings (SSSR count). The largest absolute Gasteiger partial charge is 0.466 e. The summed E-state index contributed by atoms with van der Waals surface area (Å²) in [6.45, 7) is 4.67. The van der Waals surface area contributed by atoms with Gasteiger partial charge >= 0.3 is 5.97 Å². The molecule has 166 valence electrons. The molecule has 0 N–H and O–H groups in total. The van der Waals surface area contributed by atoms with Crippen LogP contribution in [0.4, 0.5) is 5.69 Å². The normalized spacial score (nSPS) is 26.5. The second kappa shape index (κ2) is 7.76. The second-order valence-electron chi connectivity index (χ2n) is 9.18. The van der Waals surface area contributed by atoms with Crippen LogP contribution in [0, 0.1) is 11.8 Å². The zero-order valence-electron chi connectivity index (χ0n) is 18.5. The van der Waals surface area contributed by atoms with Gasteiger partial charge in [0, 0.05) is 30.3 Å². The molecule has 6 heteroatoms. The Balaban J connectivity index is 1.65. The first-order valence-electron chi connectivity index (χ1n) is 11.4. The molecule has 0 unspecified atom stereocenters. The van der Waals surface area contributed by atoms with Crippen molar-refractivity contribution in [3.05, 3.63) is 65.7 Å². The summed E-state index contributed by atoms with van der Waals surface area (Å²) in [6.07, 6.45) is 2.23. The lowest BCUT2D eigenvalue weighted by Gasteiger charge is -2.46. The Hall–Kier alpha value is -3.15. The third-order valence-electron chi connectivity index (χ3n) is 7.18. The van der Waals surface area contributed by atoms with Crippen LogP contribution in [0.5, 0.6) is 0 Å². The number of carbonyl (C=O) groups is 3. The standard InChI is InChI=1S/C26H28N2O4/c1-3-32-24(30)20-16-28(23(29)18-9-5-4-6-10-18)26(2)22(20)19-11-7-8-12-21(19)27(25(26)31)15-17-13-14-17/h4-12,17,20,22H,3,13-16H2,1-2H3/t20-,22+,26-/m0/s1. The topological polar surface area (TPSA) is 66.9 Å². The number of hydrogen-bond donors (Lipinski definition) is 0. The number of ether oxygens (including phenoxy) is 1. The van der Waals surface area contributed by atoms with E-state index in [9.17, 15) is 14.4 Å². The molecule has 0 spiro atoms. The number of hydrogen-bond acceptors (Lipinski definition) is 4. The van der Waals surface area contributed by atoms with Crippen molar-refractivity contribution in [1.82, 2.24) is 4.90 Å². The molecule has 2 aliphatic heterocycles. The minimum Gasteiger partial charge on any atom is -0.466 e. The van der Waals surface area contributed by atoms with Crippen molar-refractivity contribution >= 4 is 23.5 Å². The van der Waals surface area contributed by atoms with Gasteiger partial charge in [0.1, 0.15) is 5.54 Å². The van der Waals surface area contributed by atoms with E-state index in [4.69, 9.17) is 4.74 Å². The fourth-order valence-electron chi connectivity index (χ4n) is 5.43. The molecule has 2 aromatic rings. The van der Waals surface area contributed by atoms with Crippen LogP contribution >= 0.6 is 0 Å². The van der Waals surface area contributed by atoms with Gasteiger partial charge in [-0.1, -0.05) is 36.4 Å². The van der Waals surface area contributed by atoms with Crippen molar-refractivity contribution in [2.45, 2.75) is 38.1 Å². The van der Waals surface area contributed by atoms with E-state index in [0.717, 1.165) is 24.1 Å². The summed E-state index contributed by atoms with van der Waals surface area (Å²) >= 11 is 0. The van der Waals surface area contributed by atoms with Crippen molar-refractivity contribution in [1.29, 1.82) is 0 Å². The highest BCUT2D eigenvalue weighted by Crippen LogP contribution is 2.54. The lowest BCUT2D eigenvalue weighted by atomic mass is 9.72. The molecule has 32 heavy (non-hydrogen) atoms. The Morgan fingerprint density at radius 1 is 1.06 bits per heavy atom. The number of nitrogens with zero attached hydrogens (tertiary/aromatic N) is 2. The molecule has 0 radical (unpaired) electrons. The van der Waals surface area contributed by atoms with E-state index in [0.29, 0.717) is 18.0 Å². The molecular formula is C26H28N2O4. The minimum atomic E-state index is -1.16. The van der Waals surface area contributed by atoms with Gasteiger partial charge < -0.3 is 14.5 Å². The molecule has 2 fully saturated rings. The number of benzene rings is 2. The molecule has 6 nitrogen and oxygen atoms in total. The minimum absolute atomic E-state index is 0.107. The lowest BCUT2D eigenvalue weighted by molar-refractivity contribution is -0.148. The average Bonchev–Trinajstić information content (AvgIpc) is 3.57. The first-order chi connectivity index (χ1) is 15.5. The van der Waals surface area contributed by atoms with Gasteiger partial charge in [0.15, 0.2) is 0 Å². The number of esters is 1. The van der Waals surface area contributed by atoms with Crippen LogP contribution in [0.1, 0.15) is 48.5 Å². The summed E-state index contributed by atoms with van der Waals surface area (Å²) < 4.78 is 5.40. The van der Waals surface area contributed by atoms with Gasteiger partial charge in [-0.2, -0.15) is 0 Å². The van der Waals surface area contributed by atoms with Gasteiger partial charge in [-0.15, -0.1) is 0 Å². The number of anilines is 1. The van der Waals surface area contributed by atoms with Crippen LogP contribution in [0.15, 0.2) is 54.6 Å². The molecule has 0 bridgehead atoms. The highest BCUT2D eigenvalue weighted by molar-refractivity contribution is 6.09. The van der Waals surface area contributed by atoms with Gasteiger partial charge in [0.25, 0.3) is 11.8 Å². The molecule has 0 aromatic heterocycles. The number of fused-ring (bicyclic) bond motifs is 3. The number of likely N-dealkylation sites (tertiary alicyclic amines) is 1. The maximum absolute atomic E-state index is 14.1. The summed E-state index contributed by atoms with van der Waals surface area (Å²) in [7, 11) is 0. The van der Waals surface area contributed by atoms with Gasteiger partial charge in [-0.05, 0) is 56.4 Å². The first-order valence-corrected chi connectivity index (χ1v) is 11.4. The van der Waals surface area contributed by atoms with E-state index in [1.54, 1.807) is 24.0 Å². The number of para-hydroxylation sites is 1. The Labute approximate surface area is 188 Å². The van der Waals surface area contributed by atoms with Crippen molar-refractivity contribution in [2.24, 2.45) is 11.8 Å². The fourth-order valence-corrected chi connectivity index (χ4v) is 5.43. The fraction of sp³-hybridized carbons (Fsp3) is 0.423. The second-order valence-corrected chi connectivity index (χ2v) is 9.18. The van der Waals surface area contributed by atoms with Crippen molar-refractivity contribution in [2.75, 3.05) is 24.6 Å². The molecule has 3 atom stereocenters. The third-order valence-corrected chi connectivity index (χ3v) is 7.18. The molecule has 1 saturated carbocycles. The van der Waals surface area contributed by atoms with E-state index in [2.05, 4.69) is 0 Å². The highest BCUT2D eigenvalue weighted by Gasteiger charge is 2.64. The van der Waals surface area contributed by atoms with E-state index in [-0.39, 0.29) is 30.9 Å². The number of rotatable bonds is 5. The summed E-state index contributed by atoms with van der Waals surface area (Å²) in [5.41, 5.74) is 1.15. The lowest BCUT2D eigenvalue weighted by Crippen LogP contribution is -2.62. The summed E-state index contributed by atoms with van der Waals surface area (Å²) in [5, 5.41) is 0. The van der Waals surface area contributed by atoms with Crippen LogP contribution in [0.2, 0.25) is 0 Å². The van der Waals surface area contributed by atoms with E-state index >= 15 is 0 Å². The molecule has 1 aliphatic carbocycles. The monoisotopic (exact) mass is 432 g/mol. The Kier molecular flexibility index (Phi) is 5.03. The third kappa shape index (κ3) is 3.12. The predicted octanol–water partition coefficient (Wildman–Crippen LogP) is 3.62. The molecule has 2 amide bonds. The van der Waals surface area contributed by atoms with Crippen LogP contribution in [-0.4, -0.2) is 47.9 Å². The van der Waals surface area contributed by atoms with Crippen LogP contribution in [0.25, 0.3) is 0 Å². The molecule has 3 aliphatic rings.